The molecule has 1 unspecified atom stereocenters. The summed E-state index contributed by atoms with van der Waals surface area (Å²) in [6.07, 6.45) is 6.39. The van der Waals surface area contributed by atoms with Crippen molar-refractivity contribution in [3.05, 3.63) is 62.7 Å². The zero-order valence-corrected chi connectivity index (χ0v) is 17.0. The Balaban J connectivity index is 0.00000225. The topological polar surface area (TPSA) is 71.3 Å². The van der Waals surface area contributed by atoms with Gasteiger partial charge in [-0.1, -0.05) is 12.1 Å². The van der Waals surface area contributed by atoms with Crippen molar-refractivity contribution in [3.8, 4) is 0 Å². The molecule has 4 rings (SSSR count). The second-order valence-electron chi connectivity index (χ2n) is 7.64. The van der Waals surface area contributed by atoms with Gasteiger partial charge in [0.1, 0.15) is 11.3 Å². The molecule has 1 saturated heterocycles. The van der Waals surface area contributed by atoms with Gasteiger partial charge in [0.05, 0.1) is 0 Å². The lowest BCUT2D eigenvalue weighted by atomic mass is 9.90. The Morgan fingerprint density at radius 3 is 2.79 bits per heavy atom. The van der Waals surface area contributed by atoms with Gasteiger partial charge in [-0.05, 0) is 80.8 Å². The molecule has 1 aliphatic carbocycles. The lowest BCUT2D eigenvalue weighted by Crippen LogP contribution is -2.30. The third-order valence-electron chi connectivity index (χ3n) is 5.74. The molecule has 0 bridgehead atoms. The number of anilines is 1. The maximum Gasteiger partial charge on any atom is 0.349 e. The summed E-state index contributed by atoms with van der Waals surface area (Å²) in [7, 11) is 0. The van der Waals surface area contributed by atoms with E-state index in [9.17, 15) is 9.59 Å². The van der Waals surface area contributed by atoms with Crippen LogP contribution in [0.2, 0.25) is 0 Å². The zero-order valence-electron chi connectivity index (χ0n) is 16.2. The molecule has 0 saturated carbocycles. The highest BCUT2D eigenvalue weighted by Crippen LogP contribution is 2.28. The fourth-order valence-electron chi connectivity index (χ4n) is 4.28. The Morgan fingerprint density at radius 2 is 2.04 bits per heavy atom. The van der Waals surface area contributed by atoms with E-state index < -0.39 is 5.63 Å². The standard InChI is InChI=1S/C22H26N2O3.ClH/c1-14-12-19(16-8-5-11-23-13-16)27-22(26)20(14)21(25)24-18-10-4-7-15-6-2-3-9-17(15)18;/h4,7,10,12,16,23H,2-3,5-6,8-9,11,13H2,1H3,(H,24,25);1H. The van der Waals surface area contributed by atoms with E-state index in [0.717, 1.165) is 50.9 Å². The monoisotopic (exact) mass is 402 g/mol. The summed E-state index contributed by atoms with van der Waals surface area (Å²) in [4.78, 5) is 25.4. The number of halogens is 1. The van der Waals surface area contributed by atoms with Gasteiger partial charge < -0.3 is 15.1 Å². The molecule has 5 nitrogen and oxygen atoms in total. The first-order valence-corrected chi connectivity index (χ1v) is 9.91. The fourth-order valence-corrected chi connectivity index (χ4v) is 4.28. The number of piperidine rings is 1. The molecule has 2 heterocycles. The van der Waals surface area contributed by atoms with Crippen molar-refractivity contribution in [1.29, 1.82) is 0 Å². The largest absolute Gasteiger partial charge is 0.427 e. The third-order valence-corrected chi connectivity index (χ3v) is 5.74. The number of hydrogen-bond acceptors (Lipinski definition) is 4. The van der Waals surface area contributed by atoms with Gasteiger partial charge in [-0.25, -0.2) is 4.79 Å². The van der Waals surface area contributed by atoms with Gasteiger partial charge >= 0.3 is 5.63 Å². The van der Waals surface area contributed by atoms with Crippen molar-refractivity contribution in [2.75, 3.05) is 18.4 Å². The normalized spacial score (nSPS) is 18.7. The summed E-state index contributed by atoms with van der Waals surface area (Å²) in [6, 6.07) is 7.86. The fraction of sp³-hybridized carbons (Fsp3) is 0.455. The highest BCUT2D eigenvalue weighted by Gasteiger charge is 2.23. The molecule has 6 heteroatoms. The number of rotatable bonds is 3. The van der Waals surface area contributed by atoms with Crippen LogP contribution in [0.1, 0.15) is 64.4 Å². The Bertz CT molecular complexity index is 916. The molecule has 1 amide bonds. The van der Waals surface area contributed by atoms with E-state index >= 15 is 0 Å². The van der Waals surface area contributed by atoms with E-state index in [1.807, 2.05) is 25.1 Å². The minimum atomic E-state index is -0.544. The minimum Gasteiger partial charge on any atom is -0.427 e. The molecule has 150 valence electrons. The molecule has 1 aromatic heterocycles. The Morgan fingerprint density at radius 1 is 1.21 bits per heavy atom. The average molecular weight is 403 g/mol. The number of carbonyl (C=O) groups is 1. The van der Waals surface area contributed by atoms with Crippen LogP contribution in [-0.2, 0) is 12.8 Å². The van der Waals surface area contributed by atoms with E-state index in [1.165, 1.54) is 17.5 Å². The molecule has 2 N–H and O–H groups in total. The van der Waals surface area contributed by atoms with Crippen LogP contribution in [0.25, 0.3) is 0 Å². The maximum atomic E-state index is 12.8. The average Bonchev–Trinajstić information content (AvgIpc) is 2.68. The summed E-state index contributed by atoms with van der Waals surface area (Å²) >= 11 is 0. The summed E-state index contributed by atoms with van der Waals surface area (Å²) in [6.45, 7) is 3.62. The smallest absolute Gasteiger partial charge is 0.349 e. The number of fused-ring (bicyclic) bond motifs is 1. The van der Waals surface area contributed by atoms with Crippen LogP contribution in [0, 0.1) is 6.92 Å². The van der Waals surface area contributed by atoms with E-state index in [-0.39, 0.29) is 29.8 Å². The van der Waals surface area contributed by atoms with Crippen molar-refractivity contribution in [2.24, 2.45) is 0 Å². The molecular formula is C22H27ClN2O3. The van der Waals surface area contributed by atoms with Crippen LogP contribution in [0.5, 0.6) is 0 Å². The number of benzene rings is 1. The Labute approximate surface area is 171 Å². The molecule has 0 spiro atoms. The van der Waals surface area contributed by atoms with Crippen molar-refractivity contribution in [1.82, 2.24) is 5.32 Å². The Kier molecular flexibility index (Phi) is 6.57. The second kappa shape index (κ2) is 8.93. The molecule has 1 aromatic carbocycles. The number of nitrogens with one attached hydrogen (secondary N) is 2. The van der Waals surface area contributed by atoms with Gasteiger partial charge in [0.2, 0.25) is 0 Å². The van der Waals surface area contributed by atoms with Gasteiger partial charge in [0, 0.05) is 18.2 Å². The Hall–Kier alpha value is -2.11. The first-order valence-electron chi connectivity index (χ1n) is 9.91. The van der Waals surface area contributed by atoms with E-state index in [2.05, 4.69) is 16.7 Å². The quantitative estimate of drug-likeness (QED) is 0.814. The number of carbonyl (C=O) groups excluding carboxylic acids is 1. The van der Waals surface area contributed by atoms with Gasteiger partial charge in [0.25, 0.3) is 5.91 Å². The number of aryl methyl sites for hydroxylation is 2. The lowest BCUT2D eigenvalue weighted by molar-refractivity contribution is 0.102. The van der Waals surface area contributed by atoms with Gasteiger partial charge in [-0.15, -0.1) is 12.4 Å². The van der Waals surface area contributed by atoms with E-state index in [0.29, 0.717) is 11.3 Å². The van der Waals surface area contributed by atoms with Crippen molar-refractivity contribution in [3.63, 3.8) is 0 Å². The van der Waals surface area contributed by atoms with Crippen LogP contribution >= 0.6 is 12.4 Å². The highest BCUT2D eigenvalue weighted by atomic mass is 35.5. The molecule has 0 radical (unpaired) electrons. The van der Waals surface area contributed by atoms with Crippen molar-refractivity contribution in [2.45, 2.75) is 51.4 Å². The highest BCUT2D eigenvalue weighted by molar-refractivity contribution is 6.05. The van der Waals surface area contributed by atoms with Gasteiger partial charge in [-0.3, -0.25) is 4.79 Å². The molecular weight excluding hydrogens is 376 g/mol. The summed E-state index contributed by atoms with van der Waals surface area (Å²) in [5.41, 5.74) is 3.55. The number of amides is 1. The van der Waals surface area contributed by atoms with Crippen LogP contribution in [-0.4, -0.2) is 19.0 Å². The van der Waals surface area contributed by atoms with Crippen LogP contribution in [0.4, 0.5) is 5.69 Å². The lowest BCUT2D eigenvalue weighted by Gasteiger charge is -2.22. The van der Waals surface area contributed by atoms with Crippen LogP contribution in [0.15, 0.2) is 33.5 Å². The predicted molar refractivity (Wildman–Crippen MR) is 113 cm³/mol. The first-order chi connectivity index (χ1) is 13.1. The van der Waals surface area contributed by atoms with Gasteiger partial charge in [0.15, 0.2) is 0 Å². The summed E-state index contributed by atoms with van der Waals surface area (Å²) in [5, 5.41) is 6.29. The zero-order chi connectivity index (χ0) is 18.8. The molecule has 2 aliphatic rings. The molecule has 1 fully saturated rings. The predicted octanol–water partition coefficient (Wildman–Crippen LogP) is 3.97. The van der Waals surface area contributed by atoms with Crippen LogP contribution < -0.4 is 16.3 Å². The molecule has 28 heavy (non-hydrogen) atoms. The summed E-state index contributed by atoms with van der Waals surface area (Å²) < 4.78 is 5.54. The minimum absolute atomic E-state index is 0. The van der Waals surface area contributed by atoms with Crippen LogP contribution in [0.3, 0.4) is 0 Å². The van der Waals surface area contributed by atoms with Crippen molar-refractivity contribution < 1.29 is 9.21 Å². The maximum absolute atomic E-state index is 12.8. The molecule has 1 atom stereocenters. The molecule has 1 aliphatic heterocycles. The van der Waals surface area contributed by atoms with E-state index in [4.69, 9.17) is 4.42 Å². The first kappa shape index (κ1) is 20.6. The van der Waals surface area contributed by atoms with Crippen molar-refractivity contribution >= 4 is 24.0 Å². The number of hydrogen-bond donors (Lipinski definition) is 2. The SMILES string of the molecule is Cc1cc(C2CCCNC2)oc(=O)c1C(=O)Nc1cccc2c1CCCC2.Cl. The van der Waals surface area contributed by atoms with Gasteiger partial charge in [-0.2, -0.15) is 0 Å². The third kappa shape index (κ3) is 4.15. The second-order valence-corrected chi connectivity index (χ2v) is 7.64. The van der Waals surface area contributed by atoms with E-state index in [1.54, 1.807) is 0 Å². The summed E-state index contributed by atoms with van der Waals surface area (Å²) in [5.74, 6) is 0.496. The molecule has 2 aromatic rings.